The molecule has 0 fully saturated rings. The Hall–Kier alpha value is -0.610. The highest BCUT2D eigenvalue weighted by Gasteiger charge is 2.01. The minimum absolute atomic E-state index is 0.311. The zero-order valence-corrected chi connectivity index (χ0v) is 5.46. The monoisotopic (exact) mass is 134 g/mol. The number of hydrogen-bond donors (Lipinski definition) is 1. The second kappa shape index (κ2) is 4.29. The van der Waals surface area contributed by atoms with Crippen LogP contribution in [0.3, 0.4) is 0 Å². The molecular formula is C5H10O4. The summed E-state index contributed by atoms with van der Waals surface area (Å²) in [6, 6.07) is 0. The standard InChI is InChI=1S/C5H10O4/c1-4(8-2)9-3-5(6)7/h4H,3H2,1-2H3,(H,6,7). The number of carboxylic acid groups (broad SMARTS) is 1. The molecule has 1 N–H and O–H groups in total. The highest BCUT2D eigenvalue weighted by Crippen LogP contribution is 1.88. The van der Waals surface area contributed by atoms with Crippen molar-refractivity contribution in [1.82, 2.24) is 0 Å². The van der Waals surface area contributed by atoms with Crippen molar-refractivity contribution in [3.63, 3.8) is 0 Å². The third kappa shape index (κ3) is 5.26. The van der Waals surface area contributed by atoms with E-state index in [0.29, 0.717) is 0 Å². The van der Waals surface area contributed by atoms with E-state index >= 15 is 0 Å². The zero-order valence-electron chi connectivity index (χ0n) is 5.46. The van der Waals surface area contributed by atoms with Crippen molar-refractivity contribution in [2.45, 2.75) is 13.2 Å². The molecule has 0 spiro atoms. The maximum Gasteiger partial charge on any atom is 0.329 e. The Morgan fingerprint density at radius 2 is 2.33 bits per heavy atom. The molecule has 0 rings (SSSR count). The summed E-state index contributed by atoms with van der Waals surface area (Å²) in [7, 11) is 1.45. The number of ether oxygens (including phenoxy) is 2. The van der Waals surface area contributed by atoms with Crippen LogP contribution >= 0.6 is 0 Å². The van der Waals surface area contributed by atoms with Gasteiger partial charge in [0.25, 0.3) is 0 Å². The van der Waals surface area contributed by atoms with Crippen LogP contribution in [-0.4, -0.2) is 31.1 Å². The molecule has 0 aromatic heterocycles. The second-order valence-electron chi connectivity index (χ2n) is 1.51. The van der Waals surface area contributed by atoms with E-state index in [1.807, 2.05) is 0 Å². The highest BCUT2D eigenvalue weighted by molar-refractivity contribution is 5.67. The van der Waals surface area contributed by atoms with Gasteiger partial charge in [-0.2, -0.15) is 0 Å². The van der Waals surface area contributed by atoms with Crippen LogP contribution in [0.2, 0.25) is 0 Å². The molecule has 0 heterocycles. The Morgan fingerprint density at radius 1 is 1.78 bits per heavy atom. The van der Waals surface area contributed by atoms with Gasteiger partial charge < -0.3 is 14.6 Å². The van der Waals surface area contributed by atoms with Crippen molar-refractivity contribution in [3.8, 4) is 0 Å². The Labute approximate surface area is 53.4 Å². The molecule has 0 radical (unpaired) electrons. The fourth-order valence-corrected chi connectivity index (χ4v) is 0.257. The summed E-state index contributed by atoms with van der Waals surface area (Å²) in [4.78, 5) is 9.84. The van der Waals surface area contributed by atoms with E-state index in [-0.39, 0.29) is 6.61 Å². The Morgan fingerprint density at radius 3 is 2.67 bits per heavy atom. The predicted molar refractivity (Wildman–Crippen MR) is 30.1 cm³/mol. The Kier molecular flexibility index (Phi) is 4.00. The average Bonchev–Trinajstić information content (AvgIpc) is 1.83. The molecule has 0 aromatic carbocycles. The van der Waals surface area contributed by atoms with Crippen LogP contribution in [0.25, 0.3) is 0 Å². The fourth-order valence-electron chi connectivity index (χ4n) is 0.257. The van der Waals surface area contributed by atoms with Gasteiger partial charge in [-0.1, -0.05) is 0 Å². The van der Waals surface area contributed by atoms with Crippen molar-refractivity contribution in [3.05, 3.63) is 0 Å². The van der Waals surface area contributed by atoms with Gasteiger partial charge in [0.15, 0.2) is 6.29 Å². The van der Waals surface area contributed by atoms with Gasteiger partial charge in [0.05, 0.1) is 0 Å². The van der Waals surface area contributed by atoms with Crippen LogP contribution in [0, 0.1) is 0 Å². The number of hydrogen-bond acceptors (Lipinski definition) is 3. The van der Waals surface area contributed by atoms with Gasteiger partial charge in [0.2, 0.25) is 0 Å². The molecule has 1 atom stereocenters. The maximum absolute atomic E-state index is 9.84. The van der Waals surface area contributed by atoms with Gasteiger partial charge in [-0.05, 0) is 6.92 Å². The first-order valence-electron chi connectivity index (χ1n) is 2.53. The van der Waals surface area contributed by atoms with Crippen molar-refractivity contribution < 1.29 is 19.4 Å². The molecular weight excluding hydrogens is 124 g/mol. The lowest BCUT2D eigenvalue weighted by atomic mass is 10.7. The van der Waals surface area contributed by atoms with E-state index in [9.17, 15) is 4.79 Å². The van der Waals surface area contributed by atoms with Crippen LogP contribution in [0.5, 0.6) is 0 Å². The lowest BCUT2D eigenvalue weighted by molar-refractivity contribution is -0.158. The third-order valence-corrected chi connectivity index (χ3v) is 0.773. The summed E-state index contributed by atoms with van der Waals surface area (Å²) in [5.74, 6) is -0.987. The lowest BCUT2D eigenvalue weighted by Crippen LogP contribution is -2.16. The minimum Gasteiger partial charge on any atom is -0.480 e. The summed E-state index contributed by atoms with van der Waals surface area (Å²) in [6.45, 7) is 1.32. The van der Waals surface area contributed by atoms with Gasteiger partial charge in [0.1, 0.15) is 6.61 Å². The number of rotatable bonds is 4. The quantitative estimate of drug-likeness (QED) is 0.553. The Balaban J connectivity index is 3.16. The Bertz CT molecular complexity index is 91.0. The van der Waals surface area contributed by atoms with Gasteiger partial charge >= 0.3 is 5.97 Å². The van der Waals surface area contributed by atoms with E-state index in [4.69, 9.17) is 5.11 Å². The van der Waals surface area contributed by atoms with E-state index in [1.165, 1.54) is 7.11 Å². The smallest absolute Gasteiger partial charge is 0.329 e. The summed E-state index contributed by atoms with van der Waals surface area (Å²) in [5, 5.41) is 8.08. The molecule has 0 aliphatic rings. The SMILES string of the molecule is COC(C)OCC(=O)O. The first-order valence-corrected chi connectivity index (χ1v) is 2.53. The number of methoxy groups -OCH3 is 1. The van der Waals surface area contributed by atoms with Crippen LogP contribution in [0.15, 0.2) is 0 Å². The van der Waals surface area contributed by atoms with Crippen LogP contribution in [-0.2, 0) is 14.3 Å². The molecule has 0 saturated carbocycles. The summed E-state index contributed by atoms with van der Waals surface area (Å²) < 4.78 is 9.25. The molecule has 0 saturated heterocycles. The molecule has 0 amide bonds. The number of carbonyl (C=O) groups is 1. The maximum atomic E-state index is 9.84. The van der Waals surface area contributed by atoms with Gasteiger partial charge in [-0.25, -0.2) is 4.79 Å². The van der Waals surface area contributed by atoms with Crippen molar-refractivity contribution in [1.29, 1.82) is 0 Å². The largest absolute Gasteiger partial charge is 0.480 e. The van der Waals surface area contributed by atoms with E-state index in [0.717, 1.165) is 0 Å². The molecule has 1 unspecified atom stereocenters. The van der Waals surface area contributed by atoms with Gasteiger partial charge in [0, 0.05) is 7.11 Å². The first kappa shape index (κ1) is 8.39. The van der Waals surface area contributed by atoms with Gasteiger partial charge in [-0.15, -0.1) is 0 Å². The van der Waals surface area contributed by atoms with E-state index < -0.39 is 12.3 Å². The van der Waals surface area contributed by atoms with E-state index in [2.05, 4.69) is 9.47 Å². The van der Waals surface area contributed by atoms with E-state index in [1.54, 1.807) is 6.92 Å². The van der Waals surface area contributed by atoms with Crippen LogP contribution in [0.1, 0.15) is 6.92 Å². The molecule has 0 aromatic rings. The normalized spacial score (nSPS) is 13.1. The summed E-state index contributed by atoms with van der Waals surface area (Å²) >= 11 is 0. The van der Waals surface area contributed by atoms with Crippen LogP contribution < -0.4 is 0 Å². The third-order valence-electron chi connectivity index (χ3n) is 0.773. The van der Waals surface area contributed by atoms with Gasteiger partial charge in [-0.3, -0.25) is 0 Å². The summed E-state index contributed by atoms with van der Waals surface area (Å²) in [5.41, 5.74) is 0. The summed E-state index contributed by atoms with van der Waals surface area (Å²) in [6.07, 6.45) is -0.443. The van der Waals surface area contributed by atoms with Crippen molar-refractivity contribution in [2.24, 2.45) is 0 Å². The lowest BCUT2D eigenvalue weighted by Gasteiger charge is -2.07. The molecule has 9 heavy (non-hydrogen) atoms. The molecule has 0 aliphatic carbocycles. The van der Waals surface area contributed by atoms with Crippen molar-refractivity contribution >= 4 is 5.97 Å². The molecule has 54 valence electrons. The number of aliphatic carboxylic acids is 1. The van der Waals surface area contributed by atoms with Crippen LogP contribution in [0.4, 0.5) is 0 Å². The molecule has 0 aliphatic heterocycles. The zero-order chi connectivity index (χ0) is 7.28. The molecule has 4 nitrogen and oxygen atoms in total. The number of carboxylic acids is 1. The predicted octanol–water partition coefficient (Wildman–Crippen LogP) is 0.0800. The molecule has 4 heteroatoms. The minimum atomic E-state index is -0.987. The first-order chi connectivity index (χ1) is 4.16. The molecule has 0 bridgehead atoms. The van der Waals surface area contributed by atoms with Crippen molar-refractivity contribution in [2.75, 3.05) is 13.7 Å². The fraction of sp³-hybridized carbons (Fsp3) is 0.800. The average molecular weight is 134 g/mol. The second-order valence-corrected chi connectivity index (χ2v) is 1.51. The topological polar surface area (TPSA) is 55.8 Å². The highest BCUT2D eigenvalue weighted by atomic mass is 16.7.